The maximum Gasteiger partial charge on any atom is 0.326 e. The van der Waals surface area contributed by atoms with Crippen molar-refractivity contribution < 1.29 is 44.1 Å². The molecule has 1 rings (SSSR count). The monoisotopic (exact) mass is 515 g/mol. The lowest BCUT2D eigenvalue weighted by atomic mass is 10.1. The number of hydrogen-bond acceptors (Lipinski definition) is 8. The fraction of sp³-hybridized carbons (Fsp3) is 0.650. The molecule has 0 radical (unpaired) electrons. The zero-order valence-corrected chi connectivity index (χ0v) is 19.6. The van der Waals surface area contributed by atoms with Crippen LogP contribution in [0.15, 0.2) is 4.99 Å². The number of aliphatic imine (C=N–C) groups is 1. The maximum atomic E-state index is 13.3. The van der Waals surface area contributed by atoms with E-state index < -0.39 is 66.2 Å². The number of aliphatic carboxylic acids is 3. The second-order valence-corrected chi connectivity index (χ2v) is 8.24. The topological polar surface area (TPSA) is 281 Å². The molecule has 1 fully saturated rings. The Morgan fingerprint density at radius 2 is 1.64 bits per heavy atom. The number of rotatable bonds is 15. The summed E-state index contributed by atoms with van der Waals surface area (Å²) in [5.41, 5.74) is 16.3. The standard InChI is InChI=1S/C20H33N7O9/c21-10(5-6-14(28)29)16(32)25-11(3-1-7-24-20(22)23)18(34)27-8-2-4-13(27)17(33)26-12(19(35)36)9-15(30)31/h10-13H,1-9,21H2,(H,25,32)(H,26,33)(H,28,29)(H,30,31)(H,35,36)(H4,22,23,24). The smallest absolute Gasteiger partial charge is 0.326 e. The van der Waals surface area contributed by atoms with Crippen molar-refractivity contribution >= 4 is 41.6 Å². The van der Waals surface area contributed by atoms with Gasteiger partial charge in [-0.25, -0.2) is 4.79 Å². The largest absolute Gasteiger partial charge is 0.481 e. The molecule has 4 atom stereocenters. The van der Waals surface area contributed by atoms with Gasteiger partial charge in [0.1, 0.15) is 18.1 Å². The van der Waals surface area contributed by atoms with Gasteiger partial charge in [-0.1, -0.05) is 0 Å². The van der Waals surface area contributed by atoms with Crippen LogP contribution >= 0.6 is 0 Å². The van der Waals surface area contributed by atoms with Crippen LogP contribution in [0.5, 0.6) is 0 Å². The first kappa shape index (κ1) is 30.1. The number of guanidine groups is 1. The highest BCUT2D eigenvalue weighted by Crippen LogP contribution is 2.20. The minimum absolute atomic E-state index is 0.0641. The van der Waals surface area contributed by atoms with Gasteiger partial charge in [-0.3, -0.25) is 29.0 Å². The van der Waals surface area contributed by atoms with Crippen molar-refractivity contribution in [1.82, 2.24) is 15.5 Å². The van der Waals surface area contributed by atoms with Gasteiger partial charge in [0.25, 0.3) is 0 Å². The van der Waals surface area contributed by atoms with Crippen LogP contribution in [0.3, 0.4) is 0 Å². The Morgan fingerprint density at radius 1 is 0.972 bits per heavy atom. The first-order valence-electron chi connectivity index (χ1n) is 11.2. The SMILES string of the molecule is NC(N)=NCCCC(NC(=O)C(N)CCC(=O)O)C(=O)N1CCCC1C(=O)NC(CC(=O)O)C(=O)O. The molecule has 0 saturated carbocycles. The second-order valence-electron chi connectivity index (χ2n) is 8.24. The van der Waals surface area contributed by atoms with E-state index in [0.29, 0.717) is 6.42 Å². The van der Waals surface area contributed by atoms with Gasteiger partial charge in [0, 0.05) is 19.5 Å². The maximum absolute atomic E-state index is 13.3. The third-order valence-electron chi connectivity index (χ3n) is 5.40. The van der Waals surface area contributed by atoms with E-state index in [-0.39, 0.29) is 51.2 Å². The Morgan fingerprint density at radius 3 is 2.19 bits per heavy atom. The summed E-state index contributed by atoms with van der Waals surface area (Å²) in [4.78, 5) is 76.5. The van der Waals surface area contributed by atoms with Crippen LogP contribution in [0.4, 0.5) is 0 Å². The van der Waals surface area contributed by atoms with Gasteiger partial charge in [-0.15, -0.1) is 0 Å². The molecule has 1 aliphatic rings. The van der Waals surface area contributed by atoms with Crippen LogP contribution in [-0.2, 0) is 28.8 Å². The van der Waals surface area contributed by atoms with Gasteiger partial charge < -0.3 is 48.1 Å². The number of carboxylic acids is 3. The minimum Gasteiger partial charge on any atom is -0.481 e. The molecule has 0 aromatic heterocycles. The lowest BCUT2D eigenvalue weighted by Crippen LogP contribution is -2.57. The van der Waals surface area contributed by atoms with Crippen LogP contribution in [0, 0.1) is 0 Å². The molecule has 0 aromatic rings. The normalized spacial score (nSPS) is 17.4. The predicted molar refractivity (Wildman–Crippen MR) is 123 cm³/mol. The number of likely N-dealkylation sites (tertiary alicyclic amines) is 1. The Labute approximate surface area is 206 Å². The number of carbonyl (C=O) groups excluding carboxylic acids is 3. The van der Waals surface area contributed by atoms with Crippen molar-refractivity contribution in [1.29, 1.82) is 0 Å². The predicted octanol–water partition coefficient (Wildman–Crippen LogP) is -3.25. The quantitative estimate of drug-likeness (QED) is 0.0606. The summed E-state index contributed by atoms with van der Waals surface area (Å²) in [6, 6.07) is -5.11. The first-order chi connectivity index (χ1) is 16.8. The van der Waals surface area contributed by atoms with Crippen molar-refractivity contribution in [3.05, 3.63) is 0 Å². The molecule has 16 nitrogen and oxygen atoms in total. The van der Waals surface area contributed by atoms with Crippen LogP contribution in [0.25, 0.3) is 0 Å². The van der Waals surface area contributed by atoms with E-state index in [0.717, 1.165) is 0 Å². The lowest BCUT2D eigenvalue weighted by molar-refractivity contribution is -0.148. The van der Waals surface area contributed by atoms with Gasteiger partial charge >= 0.3 is 17.9 Å². The van der Waals surface area contributed by atoms with Crippen LogP contribution < -0.4 is 27.8 Å². The van der Waals surface area contributed by atoms with Gasteiger partial charge in [-0.05, 0) is 32.1 Å². The summed E-state index contributed by atoms with van der Waals surface area (Å²) in [5.74, 6) is -6.50. The number of carbonyl (C=O) groups is 6. The molecule has 1 saturated heterocycles. The number of nitrogens with two attached hydrogens (primary N) is 3. The van der Waals surface area contributed by atoms with Crippen LogP contribution in [0.1, 0.15) is 44.9 Å². The molecular formula is C20H33N7O9. The molecular weight excluding hydrogens is 482 g/mol. The van der Waals surface area contributed by atoms with Crippen molar-refractivity contribution in [2.24, 2.45) is 22.2 Å². The van der Waals surface area contributed by atoms with Gasteiger partial charge in [-0.2, -0.15) is 0 Å². The fourth-order valence-electron chi connectivity index (χ4n) is 3.60. The summed E-state index contributed by atoms with van der Waals surface area (Å²) >= 11 is 0. The number of nitrogens with one attached hydrogen (secondary N) is 2. The van der Waals surface area contributed by atoms with Crippen LogP contribution in [-0.4, -0.2) is 99.1 Å². The number of nitrogens with zero attached hydrogens (tertiary/aromatic N) is 2. The Balaban J connectivity index is 2.99. The summed E-state index contributed by atoms with van der Waals surface area (Å²) in [6.45, 7) is 0.283. The Bertz CT molecular complexity index is 876. The first-order valence-corrected chi connectivity index (χ1v) is 11.2. The zero-order chi connectivity index (χ0) is 27.4. The van der Waals surface area contributed by atoms with Gasteiger partial charge in [0.15, 0.2) is 5.96 Å². The van der Waals surface area contributed by atoms with Crippen molar-refractivity contribution in [3.63, 3.8) is 0 Å². The van der Waals surface area contributed by atoms with Gasteiger partial charge in [0.2, 0.25) is 17.7 Å². The van der Waals surface area contributed by atoms with E-state index in [1.54, 1.807) is 0 Å². The number of carboxylic acid groups (broad SMARTS) is 3. The molecule has 0 bridgehead atoms. The lowest BCUT2D eigenvalue weighted by Gasteiger charge is -2.30. The highest BCUT2D eigenvalue weighted by atomic mass is 16.4. The molecule has 0 spiro atoms. The third-order valence-corrected chi connectivity index (χ3v) is 5.40. The van der Waals surface area contributed by atoms with Crippen molar-refractivity contribution in [2.45, 2.75) is 69.1 Å². The van der Waals surface area contributed by atoms with Crippen molar-refractivity contribution in [2.75, 3.05) is 13.1 Å². The van der Waals surface area contributed by atoms with Crippen molar-refractivity contribution in [3.8, 4) is 0 Å². The Hall–Kier alpha value is -3.95. The highest BCUT2D eigenvalue weighted by molar-refractivity contribution is 5.95. The highest BCUT2D eigenvalue weighted by Gasteiger charge is 2.39. The molecule has 4 unspecified atom stereocenters. The van der Waals surface area contributed by atoms with E-state index in [4.69, 9.17) is 27.4 Å². The third kappa shape index (κ3) is 10.1. The summed E-state index contributed by atoms with van der Waals surface area (Å²) < 4.78 is 0. The summed E-state index contributed by atoms with van der Waals surface area (Å²) in [5, 5.41) is 31.5. The molecule has 36 heavy (non-hydrogen) atoms. The average Bonchev–Trinajstić information content (AvgIpc) is 3.27. The second kappa shape index (κ2) is 14.4. The molecule has 1 aliphatic heterocycles. The van der Waals surface area contributed by atoms with Crippen LogP contribution in [0.2, 0.25) is 0 Å². The van der Waals surface area contributed by atoms with E-state index in [1.807, 2.05) is 0 Å². The van der Waals surface area contributed by atoms with Gasteiger partial charge in [0.05, 0.1) is 12.5 Å². The molecule has 0 aromatic carbocycles. The minimum atomic E-state index is -1.69. The van der Waals surface area contributed by atoms with E-state index >= 15 is 0 Å². The van der Waals surface area contributed by atoms with E-state index in [2.05, 4.69) is 15.6 Å². The molecule has 0 aliphatic carbocycles. The number of amides is 3. The zero-order valence-electron chi connectivity index (χ0n) is 19.6. The summed E-state index contributed by atoms with van der Waals surface area (Å²) in [6.07, 6.45) is -0.424. The fourth-order valence-corrected chi connectivity index (χ4v) is 3.60. The molecule has 11 N–H and O–H groups in total. The molecule has 202 valence electrons. The van der Waals surface area contributed by atoms with E-state index in [1.165, 1.54) is 4.90 Å². The average molecular weight is 516 g/mol. The molecule has 1 heterocycles. The summed E-state index contributed by atoms with van der Waals surface area (Å²) in [7, 11) is 0. The molecule has 16 heteroatoms. The number of hydrogen-bond donors (Lipinski definition) is 8. The van der Waals surface area contributed by atoms with E-state index in [9.17, 15) is 33.9 Å². The Kier molecular flexibility index (Phi) is 12.1. The molecule has 3 amide bonds.